The number of aromatic nitrogens is 1. The Labute approximate surface area is 115 Å². The molecule has 1 heterocycles. The van der Waals surface area contributed by atoms with Crippen molar-refractivity contribution in [1.29, 1.82) is 0 Å². The molecular formula is C11H17FN6O2. The van der Waals surface area contributed by atoms with Gasteiger partial charge in [-0.25, -0.2) is 20.0 Å². The van der Waals surface area contributed by atoms with Crippen LogP contribution in [0.15, 0.2) is 12.3 Å². The van der Waals surface area contributed by atoms with E-state index in [0.29, 0.717) is 0 Å². The zero-order chi connectivity index (χ0) is 15.1. The Morgan fingerprint density at radius 1 is 1.35 bits per heavy atom. The molecule has 20 heavy (non-hydrogen) atoms. The minimum Gasteiger partial charge on any atom is -0.350 e. The average Bonchev–Trinajstić information content (AvgIpc) is 2.43. The normalized spacial score (nSPS) is 9.80. The lowest BCUT2D eigenvalue weighted by Gasteiger charge is -2.12. The van der Waals surface area contributed by atoms with Crippen LogP contribution in [0.25, 0.3) is 0 Å². The Kier molecular flexibility index (Phi) is 5.66. The number of pyridine rings is 1. The number of nitrogens with zero attached hydrogens (tertiary/aromatic N) is 2. The number of hydrogen-bond donors (Lipinski definition) is 4. The van der Waals surface area contributed by atoms with Crippen molar-refractivity contribution in [2.75, 3.05) is 32.6 Å². The molecule has 0 saturated heterocycles. The number of nitrogens with two attached hydrogens (primary N) is 1. The van der Waals surface area contributed by atoms with Crippen LogP contribution in [0.2, 0.25) is 0 Å². The third-order valence-electron chi connectivity index (χ3n) is 2.36. The van der Waals surface area contributed by atoms with Gasteiger partial charge in [-0.2, -0.15) is 0 Å². The highest BCUT2D eigenvalue weighted by Crippen LogP contribution is 2.13. The van der Waals surface area contributed by atoms with E-state index in [4.69, 9.17) is 5.84 Å². The van der Waals surface area contributed by atoms with Crippen LogP contribution in [0.4, 0.5) is 15.0 Å². The van der Waals surface area contributed by atoms with Gasteiger partial charge in [-0.15, -0.1) is 0 Å². The second kappa shape index (κ2) is 7.24. The highest BCUT2D eigenvalue weighted by atomic mass is 19.1. The molecule has 9 heteroatoms. The van der Waals surface area contributed by atoms with E-state index in [0.717, 1.165) is 0 Å². The van der Waals surface area contributed by atoms with E-state index in [1.54, 1.807) is 14.1 Å². The highest BCUT2D eigenvalue weighted by molar-refractivity contribution is 5.95. The predicted molar refractivity (Wildman–Crippen MR) is 71.4 cm³/mol. The van der Waals surface area contributed by atoms with Gasteiger partial charge in [0.1, 0.15) is 0 Å². The van der Waals surface area contributed by atoms with Gasteiger partial charge in [0.2, 0.25) is 0 Å². The maximum Gasteiger partial charge on any atom is 0.316 e. The van der Waals surface area contributed by atoms with Crippen LogP contribution in [0.5, 0.6) is 0 Å². The van der Waals surface area contributed by atoms with Crippen molar-refractivity contribution >= 4 is 17.8 Å². The summed E-state index contributed by atoms with van der Waals surface area (Å²) in [5.74, 6) is 3.42. The molecule has 0 aromatic carbocycles. The van der Waals surface area contributed by atoms with Crippen molar-refractivity contribution in [3.8, 4) is 0 Å². The van der Waals surface area contributed by atoms with Gasteiger partial charge in [-0.1, -0.05) is 0 Å². The van der Waals surface area contributed by atoms with E-state index < -0.39 is 11.7 Å². The van der Waals surface area contributed by atoms with Crippen LogP contribution < -0.4 is 21.9 Å². The van der Waals surface area contributed by atoms with E-state index in [1.807, 2.05) is 0 Å². The van der Waals surface area contributed by atoms with E-state index in [-0.39, 0.29) is 30.5 Å². The number of urea groups is 1. The summed E-state index contributed by atoms with van der Waals surface area (Å²) in [7, 11) is 3.20. The highest BCUT2D eigenvalue weighted by Gasteiger charge is 2.15. The van der Waals surface area contributed by atoms with Gasteiger partial charge in [-0.3, -0.25) is 4.79 Å². The Bertz CT molecular complexity index is 494. The van der Waals surface area contributed by atoms with E-state index in [9.17, 15) is 14.0 Å². The minimum atomic E-state index is -0.829. The molecule has 0 saturated carbocycles. The second-order valence-corrected chi connectivity index (χ2v) is 4.05. The molecule has 0 bridgehead atoms. The molecule has 0 spiro atoms. The summed E-state index contributed by atoms with van der Waals surface area (Å²) in [5, 5.41) is 5.04. The Morgan fingerprint density at radius 3 is 2.60 bits per heavy atom. The van der Waals surface area contributed by atoms with Crippen LogP contribution in [0.3, 0.4) is 0 Å². The molecule has 0 aliphatic carbocycles. The maximum absolute atomic E-state index is 13.7. The molecule has 0 aliphatic rings. The summed E-state index contributed by atoms with van der Waals surface area (Å²) >= 11 is 0. The lowest BCUT2D eigenvalue weighted by Crippen LogP contribution is -2.39. The maximum atomic E-state index is 13.7. The molecule has 1 rings (SSSR count). The summed E-state index contributed by atoms with van der Waals surface area (Å²) in [6.07, 6.45) is 1.26. The van der Waals surface area contributed by atoms with E-state index in [1.165, 1.54) is 17.2 Å². The number of amides is 3. The van der Waals surface area contributed by atoms with Crippen LogP contribution in [0, 0.1) is 5.82 Å². The second-order valence-electron chi connectivity index (χ2n) is 4.05. The first-order valence-corrected chi connectivity index (χ1v) is 5.81. The number of carbonyl (C=O) groups excluding carboxylic acids is 2. The fraction of sp³-hybridized carbons (Fsp3) is 0.364. The van der Waals surface area contributed by atoms with Gasteiger partial charge < -0.3 is 21.0 Å². The zero-order valence-electron chi connectivity index (χ0n) is 11.2. The number of nitrogen functional groups attached to an aromatic ring is 1. The largest absolute Gasteiger partial charge is 0.350 e. The van der Waals surface area contributed by atoms with Gasteiger partial charge in [0.15, 0.2) is 11.6 Å². The number of carbonyl (C=O) groups is 2. The van der Waals surface area contributed by atoms with Gasteiger partial charge in [-0.05, 0) is 6.07 Å². The third kappa shape index (κ3) is 4.05. The number of anilines is 1. The molecule has 0 aliphatic heterocycles. The van der Waals surface area contributed by atoms with Gasteiger partial charge in [0.05, 0.1) is 5.56 Å². The molecule has 1 aromatic heterocycles. The van der Waals surface area contributed by atoms with Gasteiger partial charge >= 0.3 is 6.03 Å². The molecule has 0 atom stereocenters. The quantitative estimate of drug-likeness (QED) is 0.331. The number of halogens is 1. The van der Waals surface area contributed by atoms with Crippen molar-refractivity contribution in [2.24, 2.45) is 5.84 Å². The van der Waals surface area contributed by atoms with Crippen LogP contribution in [0.1, 0.15) is 10.4 Å². The lowest BCUT2D eigenvalue weighted by atomic mass is 10.2. The number of nitrogens with one attached hydrogen (secondary N) is 3. The Hall–Kier alpha value is -2.42. The monoisotopic (exact) mass is 284 g/mol. The minimum absolute atomic E-state index is 0.172. The Balaban J connectivity index is 2.50. The predicted octanol–water partition coefficient (Wildman–Crippen LogP) is -0.493. The number of hydrazine groups is 1. The molecule has 3 amide bonds. The fourth-order valence-corrected chi connectivity index (χ4v) is 1.32. The smallest absolute Gasteiger partial charge is 0.316 e. The van der Waals surface area contributed by atoms with Crippen molar-refractivity contribution in [3.63, 3.8) is 0 Å². The molecule has 0 unspecified atom stereocenters. The average molecular weight is 284 g/mol. The first-order chi connectivity index (χ1) is 9.47. The molecule has 0 fully saturated rings. The topological polar surface area (TPSA) is 112 Å². The van der Waals surface area contributed by atoms with Crippen LogP contribution in [-0.2, 0) is 0 Å². The van der Waals surface area contributed by atoms with Gasteiger partial charge in [0.25, 0.3) is 5.91 Å². The van der Waals surface area contributed by atoms with Crippen molar-refractivity contribution in [2.45, 2.75) is 0 Å². The number of rotatable bonds is 5. The molecule has 0 radical (unpaired) electrons. The SMILES string of the molecule is CN(C)C(=O)NCCNC(=O)c1ccnc(NN)c1F. The molecular weight excluding hydrogens is 267 g/mol. The van der Waals surface area contributed by atoms with Crippen LogP contribution in [-0.4, -0.2) is 49.0 Å². The summed E-state index contributed by atoms with van der Waals surface area (Å²) < 4.78 is 13.7. The lowest BCUT2D eigenvalue weighted by molar-refractivity contribution is 0.0949. The first-order valence-electron chi connectivity index (χ1n) is 5.81. The van der Waals surface area contributed by atoms with Crippen LogP contribution >= 0.6 is 0 Å². The molecule has 8 nitrogen and oxygen atoms in total. The van der Waals surface area contributed by atoms with Gasteiger partial charge in [0, 0.05) is 33.4 Å². The van der Waals surface area contributed by atoms with Crippen molar-refractivity contribution < 1.29 is 14.0 Å². The fourth-order valence-electron chi connectivity index (χ4n) is 1.32. The molecule has 110 valence electrons. The Morgan fingerprint density at radius 2 is 2.00 bits per heavy atom. The standard InChI is InChI=1S/C11H17FN6O2/c1-18(2)11(20)16-6-5-15-10(19)7-3-4-14-9(17-13)8(7)12/h3-4H,5-6,13H2,1-2H3,(H,14,17)(H,15,19)(H,16,20). The first kappa shape index (κ1) is 15.6. The van der Waals surface area contributed by atoms with E-state index in [2.05, 4.69) is 21.0 Å². The van der Waals surface area contributed by atoms with E-state index >= 15 is 0 Å². The molecule has 1 aromatic rings. The summed E-state index contributed by atoms with van der Waals surface area (Å²) in [5.41, 5.74) is 1.88. The third-order valence-corrected chi connectivity index (χ3v) is 2.36. The van der Waals surface area contributed by atoms with Crippen molar-refractivity contribution in [3.05, 3.63) is 23.6 Å². The molecule has 5 N–H and O–H groups in total. The summed E-state index contributed by atoms with van der Waals surface area (Å²) in [6.45, 7) is 0.406. The number of hydrogen-bond acceptors (Lipinski definition) is 5. The summed E-state index contributed by atoms with van der Waals surface area (Å²) in [6, 6.07) is 0.966. The zero-order valence-corrected chi connectivity index (χ0v) is 11.2. The van der Waals surface area contributed by atoms with Crippen molar-refractivity contribution in [1.82, 2.24) is 20.5 Å². The summed E-state index contributed by atoms with van der Waals surface area (Å²) in [4.78, 5) is 27.9.